The molecule has 0 saturated carbocycles. The van der Waals surface area contributed by atoms with Crippen molar-refractivity contribution in [3.8, 4) is 0 Å². The smallest absolute Gasteiger partial charge is 0.322 e. The number of methoxy groups -OCH3 is 1. The van der Waals surface area contributed by atoms with Crippen LogP contribution in [0.2, 0.25) is 0 Å². The summed E-state index contributed by atoms with van der Waals surface area (Å²) in [6.45, 7) is 4.86. The van der Waals surface area contributed by atoms with Crippen molar-refractivity contribution in [2.45, 2.75) is 51.6 Å². The third-order valence-electron chi connectivity index (χ3n) is 3.11. The molecule has 1 aliphatic heterocycles. The van der Waals surface area contributed by atoms with E-state index >= 15 is 0 Å². The molecule has 104 valence electrons. The average molecular weight is 256 g/mol. The zero-order chi connectivity index (χ0) is 13.5. The summed E-state index contributed by atoms with van der Waals surface area (Å²) in [6.07, 6.45) is 3.01. The van der Waals surface area contributed by atoms with Gasteiger partial charge in [-0.2, -0.15) is 0 Å². The van der Waals surface area contributed by atoms with Crippen molar-refractivity contribution in [3.05, 3.63) is 0 Å². The van der Waals surface area contributed by atoms with Crippen molar-refractivity contribution in [2.75, 3.05) is 13.7 Å². The first kappa shape index (κ1) is 15.0. The zero-order valence-electron chi connectivity index (χ0n) is 11.5. The maximum absolute atomic E-state index is 11.7. The lowest BCUT2D eigenvalue weighted by Crippen LogP contribution is -2.45. The van der Waals surface area contributed by atoms with Gasteiger partial charge in [-0.3, -0.25) is 9.59 Å². The standard InChI is InChI=1S/C13H24N2O3/c1-9(2)7-11(13(17)18-3)15-10-5-4-6-14-12(16)8-10/h9-11,15H,4-8H2,1-3H3,(H,14,16). The van der Waals surface area contributed by atoms with Gasteiger partial charge < -0.3 is 15.4 Å². The molecule has 1 saturated heterocycles. The number of ether oxygens (including phenoxy) is 1. The van der Waals surface area contributed by atoms with E-state index in [1.807, 2.05) is 0 Å². The molecule has 2 atom stereocenters. The van der Waals surface area contributed by atoms with Gasteiger partial charge in [0.2, 0.25) is 5.91 Å². The van der Waals surface area contributed by atoms with Gasteiger partial charge in [0.1, 0.15) is 6.04 Å². The molecule has 0 spiro atoms. The first-order valence-corrected chi connectivity index (χ1v) is 6.63. The summed E-state index contributed by atoms with van der Waals surface area (Å²) in [7, 11) is 1.40. The van der Waals surface area contributed by atoms with Gasteiger partial charge in [0.15, 0.2) is 0 Å². The molecule has 5 nitrogen and oxygen atoms in total. The molecule has 0 radical (unpaired) electrons. The van der Waals surface area contributed by atoms with E-state index in [4.69, 9.17) is 4.74 Å². The Morgan fingerprint density at radius 2 is 2.28 bits per heavy atom. The van der Waals surface area contributed by atoms with Crippen LogP contribution in [0.4, 0.5) is 0 Å². The highest BCUT2D eigenvalue weighted by atomic mass is 16.5. The molecule has 1 fully saturated rings. The summed E-state index contributed by atoms with van der Waals surface area (Å²) in [5.74, 6) is 0.215. The van der Waals surface area contributed by atoms with Crippen molar-refractivity contribution in [1.29, 1.82) is 0 Å². The summed E-state index contributed by atoms with van der Waals surface area (Å²) in [5, 5.41) is 6.11. The second-order valence-corrected chi connectivity index (χ2v) is 5.27. The van der Waals surface area contributed by atoms with Crippen molar-refractivity contribution in [3.63, 3.8) is 0 Å². The van der Waals surface area contributed by atoms with Crippen LogP contribution < -0.4 is 10.6 Å². The highest BCUT2D eigenvalue weighted by Crippen LogP contribution is 2.12. The molecule has 0 aromatic rings. The monoisotopic (exact) mass is 256 g/mol. The second-order valence-electron chi connectivity index (χ2n) is 5.27. The minimum Gasteiger partial charge on any atom is -0.468 e. The summed E-state index contributed by atoms with van der Waals surface area (Å²) >= 11 is 0. The van der Waals surface area contributed by atoms with E-state index in [1.165, 1.54) is 7.11 Å². The number of amides is 1. The number of esters is 1. The molecule has 2 unspecified atom stereocenters. The van der Waals surface area contributed by atoms with Gasteiger partial charge in [-0.25, -0.2) is 0 Å². The summed E-state index contributed by atoms with van der Waals surface area (Å²) in [6, 6.07) is -0.249. The Labute approximate surface area is 109 Å². The molecule has 1 aliphatic rings. The quantitative estimate of drug-likeness (QED) is 0.715. The van der Waals surface area contributed by atoms with Crippen LogP contribution in [0.5, 0.6) is 0 Å². The Balaban J connectivity index is 2.57. The molecule has 1 amide bonds. The van der Waals surface area contributed by atoms with Gasteiger partial charge in [0.05, 0.1) is 7.11 Å². The fraction of sp³-hybridized carbons (Fsp3) is 0.846. The number of hydrogen-bond acceptors (Lipinski definition) is 4. The molecular weight excluding hydrogens is 232 g/mol. The molecule has 0 bridgehead atoms. The highest BCUT2D eigenvalue weighted by molar-refractivity contribution is 5.78. The predicted molar refractivity (Wildman–Crippen MR) is 69.0 cm³/mol. The van der Waals surface area contributed by atoms with Gasteiger partial charge in [0, 0.05) is 19.0 Å². The van der Waals surface area contributed by atoms with Crippen molar-refractivity contribution in [1.82, 2.24) is 10.6 Å². The Hall–Kier alpha value is -1.10. The summed E-state index contributed by atoms with van der Waals surface area (Å²) in [5.41, 5.74) is 0. The number of nitrogens with one attached hydrogen (secondary N) is 2. The van der Waals surface area contributed by atoms with Crippen LogP contribution in [0.3, 0.4) is 0 Å². The maximum atomic E-state index is 11.7. The Morgan fingerprint density at radius 3 is 2.89 bits per heavy atom. The number of hydrogen-bond donors (Lipinski definition) is 2. The van der Waals surface area contributed by atoms with Crippen LogP contribution in [0, 0.1) is 5.92 Å². The van der Waals surface area contributed by atoms with Gasteiger partial charge in [0.25, 0.3) is 0 Å². The predicted octanol–water partition coefficient (Wildman–Crippen LogP) is 0.832. The van der Waals surface area contributed by atoms with Gasteiger partial charge in [-0.1, -0.05) is 13.8 Å². The molecule has 1 rings (SSSR count). The van der Waals surface area contributed by atoms with Crippen LogP contribution in [0.1, 0.15) is 39.5 Å². The molecule has 2 N–H and O–H groups in total. The fourth-order valence-electron chi connectivity index (χ4n) is 2.25. The normalized spacial score (nSPS) is 22.2. The van der Waals surface area contributed by atoms with Crippen molar-refractivity contribution < 1.29 is 14.3 Å². The molecular formula is C13H24N2O3. The van der Waals surface area contributed by atoms with Gasteiger partial charge in [-0.15, -0.1) is 0 Å². The van der Waals surface area contributed by atoms with E-state index < -0.39 is 0 Å². The van der Waals surface area contributed by atoms with E-state index in [2.05, 4.69) is 24.5 Å². The fourth-order valence-corrected chi connectivity index (χ4v) is 2.25. The molecule has 18 heavy (non-hydrogen) atoms. The van der Waals surface area contributed by atoms with Crippen LogP contribution in [-0.4, -0.2) is 37.6 Å². The number of rotatable bonds is 5. The van der Waals surface area contributed by atoms with Crippen molar-refractivity contribution >= 4 is 11.9 Å². The van der Waals surface area contributed by atoms with E-state index in [9.17, 15) is 9.59 Å². The lowest BCUT2D eigenvalue weighted by Gasteiger charge is -2.23. The van der Waals surface area contributed by atoms with Crippen molar-refractivity contribution in [2.24, 2.45) is 5.92 Å². The van der Waals surface area contributed by atoms with E-state index in [-0.39, 0.29) is 24.0 Å². The first-order chi connectivity index (χ1) is 8.52. The van der Waals surface area contributed by atoms with E-state index in [0.29, 0.717) is 12.3 Å². The van der Waals surface area contributed by atoms with E-state index in [1.54, 1.807) is 0 Å². The molecule has 0 aromatic heterocycles. The van der Waals surface area contributed by atoms with Crippen LogP contribution in [-0.2, 0) is 14.3 Å². The minimum atomic E-state index is -0.314. The lowest BCUT2D eigenvalue weighted by molar-refractivity contribution is -0.144. The summed E-state index contributed by atoms with van der Waals surface area (Å²) < 4.78 is 4.81. The number of carbonyl (C=O) groups is 2. The minimum absolute atomic E-state index is 0.0539. The molecule has 0 aromatic carbocycles. The van der Waals surface area contributed by atoms with Crippen LogP contribution in [0.25, 0.3) is 0 Å². The number of carbonyl (C=O) groups excluding carboxylic acids is 2. The Morgan fingerprint density at radius 1 is 1.56 bits per heavy atom. The van der Waals surface area contributed by atoms with Gasteiger partial charge in [-0.05, 0) is 25.2 Å². The second kappa shape index (κ2) is 7.36. The topological polar surface area (TPSA) is 67.4 Å². The van der Waals surface area contributed by atoms with Crippen LogP contribution >= 0.6 is 0 Å². The highest BCUT2D eigenvalue weighted by Gasteiger charge is 2.25. The summed E-state index contributed by atoms with van der Waals surface area (Å²) in [4.78, 5) is 23.2. The average Bonchev–Trinajstić information content (AvgIpc) is 2.51. The van der Waals surface area contributed by atoms with Gasteiger partial charge >= 0.3 is 5.97 Å². The first-order valence-electron chi connectivity index (χ1n) is 6.63. The molecule has 5 heteroatoms. The Kier molecular flexibility index (Phi) is 6.12. The largest absolute Gasteiger partial charge is 0.468 e. The maximum Gasteiger partial charge on any atom is 0.322 e. The van der Waals surface area contributed by atoms with Crippen LogP contribution in [0.15, 0.2) is 0 Å². The van der Waals surface area contributed by atoms with E-state index in [0.717, 1.165) is 25.8 Å². The third kappa shape index (κ3) is 5.04. The molecule has 0 aliphatic carbocycles. The third-order valence-corrected chi connectivity index (χ3v) is 3.11. The Bertz CT molecular complexity index is 292. The molecule has 1 heterocycles. The SMILES string of the molecule is COC(=O)C(CC(C)C)NC1CCCNC(=O)C1. The lowest BCUT2D eigenvalue weighted by atomic mass is 10.0. The zero-order valence-corrected chi connectivity index (χ0v) is 11.5.